The van der Waals surface area contributed by atoms with Crippen molar-refractivity contribution in [3.8, 4) is 5.75 Å². The summed E-state index contributed by atoms with van der Waals surface area (Å²) in [6.07, 6.45) is 0. The van der Waals surface area contributed by atoms with Crippen LogP contribution in [0.4, 0.5) is 34.1 Å². The number of phenolic OH excluding ortho intramolecular Hbond substituents is 1. The maximum absolute atomic E-state index is 13.3. The molecule has 6 aromatic rings. The lowest BCUT2D eigenvalue weighted by Gasteiger charge is -2.13. The van der Waals surface area contributed by atoms with Crippen LogP contribution in [0.3, 0.4) is 0 Å². The van der Waals surface area contributed by atoms with E-state index in [1.807, 2.05) is 0 Å². The molecule has 0 saturated carbocycles. The van der Waals surface area contributed by atoms with Crippen LogP contribution in [0, 0.1) is 0 Å². The molecular weight excluding hydrogens is 905 g/mol. The molecule has 64 heavy (non-hydrogen) atoms. The van der Waals surface area contributed by atoms with E-state index in [1.165, 1.54) is 61.5 Å². The highest BCUT2D eigenvalue weighted by atomic mass is 32.2. The second kappa shape index (κ2) is 17.7. The number of fused-ring (bicyclic) bond motifs is 2. The fraction of sp³-hybridized carbons (Fsp3) is 0.0526. The first-order chi connectivity index (χ1) is 30.3. The zero-order chi connectivity index (χ0) is 46.1. The number of hydrogen-bond donors (Lipinski definition) is 6. The first-order valence-electron chi connectivity index (χ1n) is 17.6. The monoisotopic (exact) mass is 930 g/mol. The Morgan fingerprint density at radius 3 is 2.03 bits per heavy atom. The SMILES string of the molecule is CC1=NN(c2cccc(S(=O)(=O)O)c2)C(=O)C1N=Nc1ccc2cc(SOOO)c(N=Nc3ccc(N=Nc4cc(C(=O)O)cc(C(=O)O)c4)c4ccc(S(=O)(=O)O)cc34)c(O)c2c1. The van der Waals surface area contributed by atoms with Gasteiger partial charge >= 0.3 is 11.9 Å². The largest absolute Gasteiger partial charge is 0.505 e. The highest BCUT2D eigenvalue weighted by Gasteiger charge is 2.35. The summed E-state index contributed by atoms with van der Waals surface area (Å²) in [6.45, 7) is 1.50. The van der Waals surface area contributed by atoms with Crippen LogP contribution in [-0.2, 0) is 34.4 Å². The Bertz CT molecular complexity index is 3280. The number of hydrazone groups is 1. The minimum atomic E-state index is -4.77. The van der Waals surface area contributed by atoms with Crippen molar-refractivity contribution in [3.63, 3.8) is 0 Å². The highest BCUT2D eigenvalue weighted by molar-refractivity contribution is 7.94. The number of carboxylic acid groups (broad SMARTS) is 2. The maximum atomic E-state index is 13.3. The number of anilines is 1. The summed E-state index contributed by atoms with van der Waals surface area (Å²) in [5.74, 6) is -4.03. The molecule has 1 atom stereocenters. The van der Waals surface area contributed by atoms with Gasteiger partial charge < -0.3 is 15.3 Å². The molecule has 1 aliphatic heterocycles. The van der Waals surface area contributed by atoms with Crippen LogP contribution in [0.1, 0.15) is 27.6 Å². The Morgan fingerprint density at radius 1 is 0.719 bits per heavy atom. The molecule has 0 bridgehead atoms. The smallest absolute Gasteiger partial charge is 0.335 e. The Balaban J connectivity index is 1.25. The molecule has 0 radical (unpaired) electrons. The third-order valence-corrected chi connectivity index (χ3v) is 11.4. The van der Waals surface area contributed by atoms with Crippen LogP contribution < -0.4 is 5.01 Å². The van der Waals surface area contributed by atoms with E-state index < -0.39 is 59.7 Å². The summed E-state index contributed by atoms with van der Waals surface area (Å²) in [4.78, 5) is 35.5. The van der Waals surface area contributed by atoms with Gasteiger partial charge in [0.2, 0.25) is 0 Å². The van der Waals surface area contributed by atoms with Gasteiger partial charge in [0.15, 0.2) is 11.8 Å². The first kappa shape index (κ1) is 44.6. The molecule has 1 amide bonds. The standard InChI is InChI=1S/C38H26N8O15S3/c1-18-33(36(48)46(45-18)24-3-2-4-25(16-24)63(54,55)56)43-39-22-6-5-19-14-32(62-61-60-53)34(35(47)28(19)15-22)44-42-31-10-9-30(27-8-7-26(17-29(27)31)64(57,58)59)41-40-23-12-20(37(49)50)11-21(13-23)38(51)52/h2-17,33,47,53H,1H3,(H,49,50)(H,51,52)(H,54,55,56)(H,57,58,59). The van der Waals surface area contributed by atoms with Crippen molar-refractivity contribution >= 4 is 112 Å². The van der Waals surface area contributed by atoms with Gasteiger partial charge in [-0.3, -0.25) is 13.9 Å². The number of carbonyl (C=O) groups excluding carboxylic acids is 1. The number of carboxylic acids is 2. The minimum absolute atomic E-state index is 0.0259. The number of carbonyl (C=O) groups is 3. The minimum Gasteiger partial charge on any atom is -0.505 e. The van der Waals surface area contributed by atoms with E-state index in [9.17, 15) is 55.6 Å². The molecule has 26 heteroatoms. The number of rotatable bonds is 14. The predicted octanol–water partition coefficient (Wildman–Crippen LogP) is 8.72. The molecule has 0 aliphatic carbocycles. The number of amides is 1. The van der Waals surface area contributed by atoms with E-state index in [0.717, 1.165) is 47.5 Å². The van der Waals surface area contributed by atoms with Crippen molar-refractivity contribution < 1.29 is 70.3 Å². The van der Waals surface area contributed by atoms with E-state index in [1.54, 1.807) is 0 Å². The zero-order valence-corrected chi connectivity index (χ0v) is 34.4. The van der Waals surface area contributed by atoms with Crippen LogP contribution in [0.15, 0.2) is 148 Å². The molecule has 1 unspecified atom stereocenters. The molecule has 6 aromatic carbocycles. The Labute approximate surface area is 362 Å². The Kier molecular flexibility index (Phi) is 12.4. The van der Waals surface area contributed by atoms with Crippen molar-refractivity contribution in [2.75, 3.05) is 5.01 Å². The summed E-state index contributed by atoms with van der Waals surface area (Å²) in [5, 5.41) is 73.7. The number of hydrogen-bond acceptors (Lipinski definition) is 19. The van der Waals surface area contributed by atoms with Crippen LogP contribution in [0.5, 0.6) is 5.75 Å². The van der Waals surface area contributed by atoms with E-state index in [2.05, 4.69) is 45.2 Å². The molecule has 0 saturated heterocycles. The Hall–Kier alpha value is -7.43. The van der Waals surface area contributed by atoms with Crippen molar-refractivity contribution in [2.24, 2.45) is 35.8 Å². The van der Waals surface area contributed by atoms with Gasteiger partial charge in [-0.2, -0.15) is 42.3 Å². The highest BCUT2D eigenvalue weighted by Crippen LogP contribution is 2.46. The molecule has 1 heterocycles. The maximum Gasteiger partial charge on any atom is 0.335 e. The van der Waals surface area contributed by atoms with Gasteiger partial charge in [-0.05, 0) is 91.2 Å². The molecule has 1 aliphatic rings. The van der Waals surface area contributed by atoms with E-state index >= 15 is 0 Å². The van der Waals surface area contributed by atoms with Crippen LogP contribution in [0.25, 0.3) is 21.5 Å². The van der Waals surface area contributed by atoms with Crippen LogP contribution in [-0.4, -0.2) is 76.1 Å². The molecule has 0 spiro atoms. The lowest BCUT2D eigenvalue weighted by Crippen LogP contribution is -2.29. The number of aromatic hydroxyl groups is 1. The quantitative estimate of drug-likeness (QED) is 0.0195. The van der Waals surface area contributed by atoms with Gasteiger partial charge in [0.25, 0.3) is 26.1 Å². The first-order valence-corrected chi connectivity index (χ1v) is 21.3. The summed E-state index contributed by atoms with van der Waals surface area (Å²) < 4.78 is 71.5. The summed E-state index contributed by atoms with van der Waals surface area (Å²) in [7, 11) is -9.35. The lowest BCUT2D eigenvalue weighted by atomic mass is 10.1. The molecule has 326 valence electrons. The molecule has 0 aromatic heterocycles. The lowest BCUT2D eigenvalue weighted by molar-refractivity contribution is -0.432. The summed E-state index contributed by atoms with van der Waals surface area (Å²) in [6, 6.07) is 18.8. The number of azo groups is 3. The van der Waals surface area contributed by atoms with Gasteiger partial charge in [-0.15, -0.1) is 19.7 Å². The normalized spacial score (nSPS) is 14.8. The second-order valence-corrected chi connectivity index (χ2v) is 16.8. The van der Waals surface area contributed by atoms with Gasteiger partial charge in [-0.1, -0.05) is 23.2 Å². The number of nitrogens with zero attached hydrogens (tertiary/aromatic N) is 8. The van der Waals surface area contributed by atoms with E-state index in [0.29, 0.717) is 17.4 Å². The van der Waals surface area contributed by atoms with Gasteiger partial charge in [0.1, 0.15) is 5.69 Å². The van der Waals surface area contributed by atoms with Crippen LogP contribution in [0.2, 0.25) is 0 Å². The van der Waals surface area contributed by atoms with Crippen LogP contribution >= 0.6 is 12.0 Å². The molecule has 6 N–H and O–H groups in total. The predicted molar refractivity (Wildman–Crippen MR) is 224 cm³/mol. The average molecular weight is 931 g/mol. The second-order valence-electron chi connectivity index (χ2n) is 13.3. The van der Waals surface area contributed by atoms with Gasteiger partial charge in [-0.25, -0.2) is 14.8 Å². The Morgan fingerprint density at radius 2 is 1.38 bits per heavy atom. The fourth-order valence-corrected chi connectivity index (χ4v) is 7.66. The molecular formula is C38H26N8O15S3. The topological polar surface area (TPSA) is 349 Å². The zero-order valence-electron chi connectivity index (χ0n) is 32.0. The van der Waals surface area contributed by atoms with E-state index in [4.69, 9.17) is 5.26 Å². The van der Waals surface area contributed by atoms with E-state index in [-0.39, 0.29) is 72.0 Å². The van der Waals surface area contributed by atoms with Gasteiger partial charge in [0.05, 0.1) is 72.0 Å². The number of benzene rings is 6. The van der Waals surface area contributed by atoms with Crippen molar-refractivity contribution in [2.45, 2.75) is 27.7 Å². The fourth-order valence-electron chi connectivity index (χ4n) is 6.14. The van der Waals surface area contributed by atoms with Gasteiger partial charge in [0, 0.05) is 16.2 Å². The average Bonchev–Trinajstić information content (AvgIpc) is 3.54. The third-order valence-electron chi connectivity index (χ3n) is 9.12. The van der Waals surface area contributed by atoms with Crippen molar-refractivity contribution in [1.82, 2.24) is 0 Å². The van der Waals surface area contributed by atoms with Crippen molar-refractivity contribution in [3.05, 3.63) is 108 Å². The third kappa shape index (κ3) is 9.47. The molecule has 0 fully saturated rings. The molecule has 23 nitrogen and oxygen atoms in total. The number of aromatic carboxylic acids is 2. The van der Waals surface area contributed by atoms with Crippen molar-refractivity contribution in [1.29, 1.82) is 0 Å². The summed E-state index contributed by atoms with van der Waals surface area (Å²) >= 11 is 0.421. The molecule has 7 rings (SSSR count). The summed E-state index contributed by atoms with van der Waals surface area (Å²) in [5.41, 5.74) is -0.744. The number of phenols is 1.